The zero-order valence-corrected chi connectivity index (χ0v) is 11.8. The van der Waals surface area contributed by atoms with Crippen molar-refractivity contribution in [2.24, 2.45) is 5.92 Å². The van der Waals surface area contributed by atoms with E-state index in [1.807, 2.05) is 0 Å². The van der Waals surface area contributed by atoms with E-state index < -0.39 is 0 Å². The molecule has 0 spiro atoms. The van der Waals surface area contributed by atoms with E-state index in [1.165, 1.54) is 56.2 Å². The molecule has 2 rings (SSSR count). The lowest BCUT2D eigenvalue weighted by atomic mass is 9.87. The fourth-order valence-corrected chi connectivity index (χ4v) is 3.08. The average Bonchev–Trinajstić information content (AvgIpc) is 2.45. The molecule has 0 bridgehead atoms. The zero-order valence-electron chi connectivity index (χ0n) is 11.8. The van der Waals surface area contributed by atoms with Crippen molar-refractivity contribution in [1.82, 2.24) is 5.32 Å². The van der Waals surface area contributed by atoms with Gasteiger partial charge in [-0.2, -0.15) is 0 Å². The van der Waals surface area contributed by atoms with Gasteiger partial charge in [0.1, 0.15) is 0 Å². The first-order valence-corrected chi connectivity index (χ1v) is 7.67. The first-order valence-electron chi connectivity index (χ1n) is 7.67. The van der Waals surface area contributed by atoms with Gasteiger partial charge in [-0.05, 0) is 36.4 Å². The van der Waals surface area contributed by atoms with Crippen LogP contribution >= 0.6 is 0 Å². The zero-order chi connectivity index (χ0) is 12.6. The van der Waals surface area contributed by atoms with E-state index >= 15 is 0 Å². The Labute approximate surface area is 112 Å². The molecule has 1 nitrogen and oxygen atoms in total. The monoisotopic (exact) mass is 245 g/mol. The molecule has 0 aromatic heterocycles. The van der Waals surface area contributed by atoms with Gasteiger partial charge in [0.2, 0.25) is 0 Å². The van der Waals surface area contributed by atoms with Crippen molar-refractivity contribution in [2.45, 2.75) is 58.4 Å². The molecule has 18 heavy (non-hydrogen) atoms. The Hall–Kier alpha value is -0.820. The standard InChI is InChI=1S/C17H27N/c1-2-16-10-6-7-11-17(16)14-18-13-12-15-8-4-3-5-9-15/h6-7,10-11,15,18H,2-5,8-9,12-14H2,1H3. The maximum absolute atomic E-state index is 3.62. The summed E-state index contributed by atoms with van der Waals surface area (Å²) in [5, 5.41) is 3.62. The molecule has 1 aromatic rings. The third-order valence-electron chi connectivity index (χ3n) is 4.27. The van der Waals surface area contributed by atoms with Crippen LogP contribution in [0.3, 0.4) is 0 Å². The Morgan fingerprint density at radius 2 is 1.78 bits per heavy atom. The lowest BCUT2D eigenvalue weighted by Crippen LogP contribution is -2.19. The topological polar surface area (TPSA) is 12.0 Å². The van der Waals surface area contributed by atoms with Crippen molar-refractivity contribution in [3.8, 4) is 0 Å². The SMILES string of the molecule is CCc1ccccc1CNCCC1CCCCC1. The van der Waals surface area contributed by atoms with E-state index in [1.54, 1.807) is 0 Å². The third kappa shape index (κ3) is 4.13. The van der Waals surface area contributed by atoms with Crippen molar-refractivity contribution < 1.29 is 0 Å². The molecule has 0 radical (unpaired) electrons. The molecule has 1 aliphatic carbocycles. The van der Waals surface area contributed by atoms with Crippen LogP contribution in [0.2, 0.25) is 0 Å². The van der Waals surface area contributed by atoms with Crippen LogP contribution in [0, 0.1) is 5.92 Å². The van der Waals surface area contributed by atoms with Crippen LogP contribution in [0.25, 0.3) is 0 Å². The van der Waals surface area contributed by atoms with Gasteiger partial charge in [-0.25, -0.2) is 0 Å². The Morgan fingerprint density at radius 3 is 2.50 bits per heavy atom. The lowest BCUT2D eigenvalue weighted by molar-refractivity contribution is 0.334. The van der Waals surface area contributed by atoms with Gasteiger partial charge in [0, 0.05) is 6.54 Å². The smallest absolute Gasteiger partial charge is 0.0208 e. The minimum absolute atomic E-state index is 0.993. The fourth-order valence-electron chi connectivity index (χ4n) is 3.08. The molecule has 0 atom stereocenters. The van der Waals surface area contributed by atoms with Crippen LogP contribution in [-0.2, 0) is 13.0 Å². The van der Waals surface area contributed by atoms with Gasteiger partial charge in [0.15, 0.2) is 0 Å². The average molecular weight is 245 g/mol. The Morgan fingerprint density at radius 1 is 1.06 bits per heavy atom. The van der Waals surface area contributed by atoms with Gasteiger partial charge in [0.25, 0.3) is 0 Å². The largest absolute Gasteiger partial charge is 0.313 e. The molecule has 1 aliphatic rings. The quantitative estimate of drug-likeness (QED) is 0.736. The van der Waals surface area contributed by atoms with E-state index in [0.29, 0.717) is 0 Å². The highest BCUT2D eigenvalue weighted by Crippen LogP contribution is 2.25. The Balaban J connectivity index is 1.68. The minimum Gasteiger partial charge on any atom is -0.313 e. The maximum Gasteiger partial charge on any atom is 0.0208 e. The number of benzene rings is 1. The van der Waals surface area contributed by atoms with Crippen LogP contribution < -0.4 is 5.32 Å². The summed E-state index contributed by atoms with van der Waals surface area (Å²) < 4.78 is 0. The summed E-state index contributed by atoms with van der Waals surface area (Å²) in [4.78, 5) is 0. The summed E-state index contributed by atoms with van der Waals surface area (Å²) in [6.45, 7) is 4.46. The van der Waals surface area contributed by atoms with Crippen molar-refractivity contribution in [1.29, 1.82) is 0 Å². The van der Waals surface area contributed by atoms with Crippen LogP contribution in [-0.4, -0.2) is 6.54 Å². The first kappa shape index (κ1) is 13.6. The molecule has 0 aliphatic heterocycles. The molecule has 1 saturated carbocycles. The fraction of sp³-hybridized carbons (Fsp3) is 0.647. The molecular weight excluding hydrogens is 218 g/mol. The minimum atomic E-state index is 0.993. The van der Waals surface area contributed by atoms with Gasteiger partial charge in [-0.15, -0.1) is 0 Å². The highest BCUT2D eigenvalue weighted by atomic mass is 14.8. The molecular formula is C17H27N. The molecule has 1 N–H and O–H groups in total. The van der Waals surface area contributed by atoms with E-state index in [9.17, 15) is 0 Å². The molecule has 0 amide bonds. The first-order chi connectivity index (χ1) is 8.90. The van der Waals surface area contributed by atoms with Gasteiger partial charge in [-0.1, -0.05) is 63.3 Å². The highest BCUT2D eigenvalue weighted by molar-refractivity contribution is 5.26. The van der Waals surface area contributed by atoms with E-state index in [0.717, 1.165) is 18.9 Å². The number of nitrogens with one attached hydrogen (secondary N) is 1. The van der Waals surface area contributed by atoms with Crippen molar-refractivity contribution in [3.05, 3.63) is 35.4 Å². The molecule has 100 valence electrons. The summed E-state index contributed by atoms with van der Waals surface area (Å²) in [6, 6.07) is 8.80. The molecule has 1 fully saturated rings. The van der Waals surface area contributed by atoms with E-state index in [4.69, 9.17) is 0 Å². The van der Waals surface area contributed by atoms with E-state index in [-0.39, 0.29) is 0 Å². The summed E-state index contributed by atoms with van der Waals surface area (Å²) in [7, 11) is 0. The molecule has 1 aromatic carbocycles. The summed E-state index contributed by atoms with van der Waals surface area (Å²) in [5.41, 5.74) is 2.96. The third-order valence-corrected chi connectivity index (χ3v) is 4.27. The lowest BCUT2D eigenvalue weighted by Gasteiger charge is -2.21. The Bertz CT molecular complexity index is 339. The van der Waals surface area contributed by atoms with Crippen molar-refractivity contribution in [3.63, 3.8) is 0 Å². The van der Waals surface area contributed by atoms with Gasteiger partial charge >= 0.3 is 0 Å². The van der Waals surface area contributed by atoms with Crippen LogP contribution in [0.1, 0.15) is 56.6 Å². The summed E-state index contributed by atoms with van der Waals surface area (Å²) in [6.07, 6.45) is 9.83. The van der Waals surface area contributed by atoms with Gasteiger partial charge in [-0.3, -0.25) is 0 Å². The second kappa shape index (κ2) is 7.58. The molecule has 0 unspecified atom stereocenters. The number of rotatable bonds is 6. The van der Waals surface area contributed by atoms with Gasteiger partial charge < -0.3 is 5.32 Å². The maximum atomic E-state index is 3.62. The predicted octanol–water partition coefficient (Wildman–Crippen LogP) is 4.31. The van der Waals surface area contributed by atoms with E-state index in [2.05, 4.69) is 36.5 Å². The highest BCUT2D eigenvalue weighted by Gasteiger charge is 2.12. The van der Waals surface area contributed by atoms with Crippen LogP contribution in [0.4, 0.5) is 0 Å². The van der Waals surface area contributed by atoms with Crippen LogP contribution in [0.15, 0.2) is 24.3 Å². The second-order valence-electron chi connectivity index (χ2n) is 5.59. The summed E-state index contributed by atoms with van der Waals surface area (Å²) >= 11 is 0. The second-order valence-corrected chi connectivity index (χ2v) is 5.59. The van der Waals surface area contributed by atoms with Gasteiger partial charge in [0.05, 0.1) is 0 Å². The van der Waals surface area contributed by atoms with Crippen LogP contribution in [0.5, 0.6) is 0 Å². The summed E-state index contributed by atoms with van der Waals surface area (Å²) in [5.74, 6) is 0.993. The number of hydrogen-bond donors (Lipinski definition) is 1. The van der Waals surface area contributed by atoms with Crippen molar-refractivity contribution in [2.75, 3.05) is 6.54 Å². The molecule has 0 saturated heterocycles. The molecule has 0 heterocycles. The number of hydrogen-bond acceptors (Lipinski definition) is 1. The number of aryl methyl sites for hydroxylation is 1. The Kier molecular flexibility index (Phi) is 5.73. The predicted molar refractivity (Wildman–Crippen MR) is 78.7 cm³/mol. The normalized spacial score (nSPS) is 16.9. The molecule has 1 heteroatoms. The van der Waals surface area contributed by atoms with Crippen molar-refractivity contribution >= 4 is 0 Å².